The number of rotatable bonds is 9. The second kappa shape index (κ2) is 9.46. The molecule has 0 atom stereocenters. The van der Waals surface area contributed by atoms with Crippen molar-refractivity contribution in [3.8, 4) is 11.5 Å². The molecule has 0 unspecified atom stereocenters. The SMILES string of the molecule is CCOc1ccc(OCC)c(NC(=O)CNc2cccc(C(C)=O)c2)c1. The number of nitrogens with one attached hydrogen (secondary N) is 2. The lowest BCUT2D eigenvalue weighted by molar-refractivity contribution is -0.114. The number of carbonyl (C=O) groups excluding carboxylic acids is 2. The van der Waals surface area contributed by atoms with Gasteiger partial charge in [-0.3, -0.25) is 9.59 Å². The molecule has 0 saturated heterocycles. The van der Waals surface area contributed by atoms with Gasteiger partial charge in [-0.25, -0.2) is 0 Å². The lowest BCUT2D eigenvalue weighted by Crippen LogP contribution is -2.22. The number of ketones is 1. The van der Waals surface area contributed by atoms with Gasteiger partial charge in [-0.1, -0.05) is 12.1 Å². The van der Waals surface area contributed by atoms with E-state index in [1.165, 1.54) is 6.92 Å². The summed E-state index contributed by atoms with van der Waals surface area (Å²) in [5, 5.41) is 5.84. The number of amides is 1. The maximum absolute atomic E-state index is 12.3. The highest BCUT2D eigenvalue weighted by Crippen LogP contribution is 2.29. The Hall–Kier alpha value is -3.02. The van der Waals surface area contributed by atoms with Gasteiger partial charge in [-0.15, -0.1) is 0 Å². The Balaban J connectivity index is 2.03. The molecule has 0 spiro atoms. The molecule has 138 valence electrons. The van der Waals surface area contributed by atoms with Crippen molar-refractivity contribution in [2.45, 2.75) is 20.8 Å². The molecule has 6 heteroatoms. The Kier molecular flexibility index (Phi) is 7.02. The quantitative estimate of drug-likeness (QED) is 0.670. The molecule has 0 bridgehead atoms. The Bertz CT molecular complexity index is 774. The summed E-state index contributed by atoms with van der Waals surface area (Å²) in [5.41, 5.74) is 1.86. The molecule has 0 aliphatic heterocycles. The third-order valence-electron chi connectivity index (χ3n) is 3.56. The van der Waals surface area contributed by atoms with Crippen molar-refractivity contribution in [1.82, 2.24) is 0 Å². The van der Waals surface area contributed by atoms with Crippen LogP contribution in [0.4, 0.5) is 11.4 Å². The number of hydrogen-bond donors (Lipinski definition) is 2. The van der Waals surface area contributed by atoms with E-state index in [4.69, 9.17) is 9.47 Å². The first-order valence-electron chi connectivity index (χ1n) is 8.57. The van der Waals surface area contributed by atoms with Gasteiger partial charge in [0.15, 0.2) is 5.78 Å². The first-order chi connectivity index (χ1) is 12.5. The molecule has 6 nitrogen and oxygen atoms in total. The van der Waals surface area contributed by atoms with E-state index in [1.54, 1.807) is 42.5 Å². The highest BCUT2D eigenvalue weighted by Gasteiger charge is 2.10. The second-order valence-electron chi connectivity index (χ2n) is 5.56. The van der Waals surface area contributed by atoms with Gasteiger partial charge in [0.25, 0.3) is 0 Å². The van der Waals surface area contributed by atoms with Gasteiger partial charge in [0.2, 0.25) is 5.91 Å². The fourth-order valence-electron chi connectivity index (χ4n) is 2.37. The van der Waals surface area contributed by atoms with Crippen LogP contribution in [0, 0.1) is 0 Å². The van der Waals surface area contributed by atoms with Crippen LogP contribution < -0.4 is 20.1 Å². The van der Waals surface area contributed by atoms with Crippen molar-refractivity contribution < 1.29 is 19.1 Å². The van der Waals surface area contributed by atoms with E-state index in [1.807, 2.05) is 13.8 Å². The summed E-state index contributed by atoms with van der Waals surface area (Å²) in [5.74, 6) is 0.997. The minimum Gasteiger partial charge on any atom is -0.494 e. The molecule has 2 rings (SSSR count). The number of benzene rings is 2. The molecule has 2 aromatic rings. The largest absolute Gasteiger partial charge is 0.494 e. The van der Waals surface area contributed by atoms with Crippen molar-refractivity contribution in [3.05, 3.63) is 48.0 Å². The van der Waals surface area contributed by atoms with Crippen molar-refractivity contribution >= 4 is 23.1 Å². The molecule has 2 N–H and O–H groups in total. The van der Waals surface area contributed by atoms with E-state index >= 15 is 0 Å². The second-order valence-corrected chi connectivity index (χ2v) is 5.56. The maximum atomic E-state index is 12.3. The van der Waals surface area contributed by atoms with Crippen LogP contribution in [0.3, 0.4) is 0 Å². The van der Waals surface area contributed by atoms with Gasteiger partial charge in [-0.2, -0.15) is 0 Å². The Morgan fingerprint density at radius 1 is 1.00 bits per heavy atom. The zero-order chi connectivity index (χ0) is 18.9. The molecular formula is C20H24N2O4. The van der Waals surface area contributed by atoms with Gasteiger partial charge in [0.1, 0.15) is 11.5 Å². The molecule has 0 radical (unpaired) electrons. The molecule has 1 amide bonds. The van der Waals surface area contributed by atoms with Gasteiger partial charge in [0.05, 0.1) is 25.4 Å². The summed E-state index contributed by atoms with van der Waals surface area (Å²) in [4.78, 5) is 23.7. The normalized spacial score (nSPS) is 10.1. The van der Waals surface area contributed by atoms with Gasteiger partial charge >= 0.3 is 0 Å². The van der Waals surface area contributed by atoms with Crippen LogP contribution in [0.25, 0.3) is 0 Å². The maximum Gasteiger partial charge on any atom is 0.243 e. The van der Waals surface area contributed by atoms with E-state index in [9.17, 15) is 9.59 Å². The molecule has 0 heterocycles. The van der Waals surface area contributed by atoms with Crippen molar-refractivity contribution in [2.75, 3.05) is 30.4 Å². The standard InChI is InChI=1S/C20H24N2O4/c1-4-25-17-9-10-19(26-5-2)18(12-17)22-20(24)13-21-16-8-6-7-15(11-16)14(3)23/h6-12,21H,4-5,13H2,1-3H3,(H,22,24). The molecule has 0 saturated carbocycles. The molecule has 0 fully saturated rings. The molecular weight excluding hydrogens is 332 g/mol. The minimum atomic E-state index is -0.229. The van der Waals surface area contributed by atoms with E-state index in [0.29, 0.717) is 41.7 Å². The monoisotopic (exact) mass is 356 g/mol. The third-order valence-corrected chi connectivity index (χ3v) is 3.56. The van der Waals surface area contributed by atoms with Gasteiger partial charge in [0, 0.05) is 17.3 Å². The summed E-state index contributed by atoms with van der Waals surface area (Å²) in [6.07, 6.45) is 0. The lowest BCUT2D eigenvalue weighted by atomic mass is 10.1. The molecule has 0 aromatic heterocycles. The third kappa shape index (κ3) is 5.51. The van der Waals surface area contributed by atoms with E-state index in [-0.39, 0.29) is 18.2 Å². The summed E-state index contributed by atoms with van der Waals surface area (Å²) in [7, 11) is 0. The molecule has 0 aliphatic carbocycles. The van der Waals surface area contributed by atoms with Crippen LogP contribution in [0.5, 0.6) is 11.5 Å². The Labute approximate surface area is 153 Å². The predicted molar refractivity (Wildman–Crippen MR) is 102 cm³/mol. The summed E-state index contributed by atoms with van der Waals surface area (Å²) < 4.78 is 11.0. The van der Waals surface area contributed by atoms with Crippen LogP contribution in [-0.2, 0) is 4.79 Å². The zero-order valence-electron chi connectivity index (χ0n) is 15.3. The molecule has 26 heavy (non-hydrogen) atoms. The number of hydrogen-bond acceptors (Lipinski definition) is 5. The van der Waals surface area contributed by atoms with Gasteiger partial charge in [-0.05, 0) is 45.0 Å². The minimum absolute atomic E-state index is 0.0211. The summed E-state index contributed by atoms with van der Waals surface area (Å²) >= 11 is 0. The van der Waals surface area contributed by atoms with Crippen LogP contribution >= 0.6 is 0 Å². The molecule has 2 aromatic carbocycles. The van der Waals surface area contributed by atoms with Crippen LogP contribution in [-0.4, -0.2) is 31.4 Å². The van der Waals surface area contributed by atoms with Gasteiger partial charge < -0.3 is 20.1 Å². The fraction of sp³-hybridized carbons (Fsp3) is 0.300. The smallest absolute Gasteiger partial charge is 0.243 e. The first-order valence-corrected chi connectivity index (χ1v) is 8.57. The Morgan fingerprint density at radius 2 is 1.77 bits per heavy atom. The highest BCUT2D eigenvalue weighted by molar-refractivity contribution is 5.96. The van der Waals surface area contributed by atoms with Crippen LogP contribution in [0.15, 0.2) is 42.5 Å². The highest BCUT2D eigenvalue weighted by atomic mass is 16.5. The van der Waals surface area contributed by atoms with Crippen molar-refractivity contribution in [2.24, 2.45) is 0 Å². The van der Waals surface area contributed by atoms with E-state index in [0.717, 1.165) is 0 Å². The average molecular weight is 356 g/mol. The van der Waals surface area contributed by atoms with E-state index < -0.39 is 0 Å². The zero-order valence-corrected chi connectivity index (χ0v) is 15.3. The fourth-order valence-corrected chi connectivity index (χ4v) is 2.37. The number of Topliss-reactive ketones (excluding diaryl/α,β-unsaturated/α-hetero) is 1. The number of ether oxygens (including phenoxy) is 2. The topological polar surface area (TPSA) is 76.7 Å². The summed E-state index contributed by atoms with van der Waals surface area (Å²) in [6, 6.07) is 12.3. The first kappa shape index (κ1) is 19.3. The number of carbonyl (C=O) groups is 2. The van der Waals surface area contributed by atoms with Crippen molar-refractivity contribution in [1.29, 1.82) is 0 Å². The lowest BCUT2D eigenvalue weighted by Gasteiger charge is -2.14. The van der Waals surface area contributed by atoms with Crippen LogP contribution in [0.2, 0.25) is 0 Å². The molecule has 0 aliphatic rings. The van der Waals surface area contributed by atoms with E-state index in [2.05, 4.69) is 10.6 Å². The average Bonchev–Trinajstić information content (AvgIpc) is 2.63. The predicted octanol–water partition coefficient (Wildman–Crippen LogP) is 3.74. The van der Waals surface area contributed by atoms with Crippen LogP contribution in [0.1, 0.15) is 31.1 Å². The Morgan fingerprint density at radius 3 is 2.46 bits per heavy atom. The summed E-state index contributed by atoms with van der Waals surface area (Å²) in [6.45, 7) is 6.37. The van der Waals surface area contributed by atoms with Crippen molar-refractivity contribution in [3.63, 3.8) is 0 Å². The number of anilines is 2.